The molecule has 1 atom stereocenters. The summed E-state index contributed by atoms with van der Waals surface area (Å²) < 4.78 is 5.96. The molecule has 0 heterocycles. The van der Waals surface area contributed by atoms with E-state index in [9.17, 15) is 5.11 Å². The van der Waals surface area contributed by atoms with Gasteiger partial charge in [-0.15, -0.1) is 0 Å². The fraction of sp³-hybridized carbons (Fsp3) is 0.455. The Bertz CT molecular complexity index is 317. The maximum atomic E-state index is 9.24. The molecule has 0 saturated carbocycles. The van der Waals surface area contributed by atoms with Crippen molar-refractivity contribution < 1.29 is 9.84 Å². The van der Waals surface area contributed by atoms with Crippen LogP contribution in [-0.4, -0.2) is 24.9 Å². The van der Waals surface area contributed by atoms with Crippen LogP contribution in [0.1, 0.15) is 12.5 Å². The van der Waals surface area contributed by atoms with Crippen LogP contribution in [0.3, 0.4) is 0 Å². The van der Waals surface area contributed by atoms with Gasteiger partial charge in [-0.1, -0.05) is 22.0 Å². The summed E-state index contributed by atoms with van der Waals surface area (Å²) in [6, 6.07) is 6.01. The number of hydrogen-bond donors (Lipinski definition) is 2. The third-order valence-corrected chi connectivity index (χ3v) is 2.84. The lowest BCUT2D eigenvalue weighted by atomic mass is 10.1. The van der Waals surface area contributed by atoms with Crippen molar-refractivity contribution in [1.82, 2.24) is 0 Å². The van der Waals surface area contributed by atoms with E-state index in [0.29, 0.717) is 6.61 Å². The van der Waals surface area contributed by atoms with E-state index in [1.807, 2.05) is 25.1 Å². The highest BCUT2D eigenvalue weighted by Crippen LogP contribution is 2.25. The quantitative estimate of drug-likeness (QED) is 0.866. The summed E-state index contributed by atoms with van der Waals surface area (Å²) in [5.41, 5.74) is 1.82. The van der Waals surface area contributed by atoms with Crippen LogP contribution in [0.2, 0.25) is 0 Å². The number of anilines is 1. The number of aliphatic hydroxyl groups is 1. The number of halogens is 1. The third kappa shape index (κ3) is 3.48. The summed E-state index contributed by atoms with van der Waals surface area (Å²) in [6.45, 7) is 2.69. The first-order valence-corrected chi connectivity index (χ1v) is 5.62. The monoisotopic (exact) mass is 273 g/mol. The Morgan fingerprint density at radius 1 is 1.53 bits per heavy atom. The van der Waals surface area contributed by atoms with Crippen molar-refractivity contribution in [1.29, 1.82) is 0 Å². The molecule has 1 aromatic carbocycles. The molecule has 0 aliphatic rings. The minimum Gasteiger partial charge on any atom is -0.392 e. The zero-order valence-corrected chi connectivity index (χ0v) is 10.5. The summed E-state index contributed by atoms with van der Waals surface area (Å²) in [5.74, 6) is 0. The molecule has 4 heteroatoms. The fourth-order valence-corrected chi connectivity index (χ4v) is 1.90. The topological polar surface area (TPSA) is 41.5 Å². The average molecular weight is 274 g/mol. The molecule has 84 valence electrons. The molecule has 1 aromatic rings. The van der Waals surface area contributed by atoms with Gasteiger partial charge in [0.25, 0.3) is 0 Å². The zero-order chi connectivity index (χ0) is 11.3. The molecule has 0 aliphatic carbocycles. The van der Waals surface area contributed by atoms with E-state index in [2.05, 4.69) is 21.2 Å². The van der Waals surface area contributed by atoms with Crippen LogP contribution in [0, 0.1) is 0 Å². The Morgan fingerprint density at radius 2 is 2.27 bits per heavy atom. The van der Waals surface area contributed by atoms with Crippen molar-refractivity contribution in [3.05, 3.63) is 28.2 Å². The number of methoxy groups -OCH3 is 1. The highest BCUT2D eigenvalue weighted by molar-refractivity contribution is 9.10. The van der Waals surface area contributed by atoms with Gasteiger partial charge < -0.3 is 15.2 Å². The van der Waals surface area contributed by atoms with E-state index in [-0.39, 0.29) is 12.6 Å². The van der Waals surface area contributed by atoms with Gasteiger partial charge in [0.05, 0.1) is 13.2 Å². The van der Waals surface area contributed by atoms with Crippen molar-refractivity contribution in [2.45, 2.75) is 19.6 Å². The third-order valence-electron chi connectivity index (χ3n) is 2.10. The fourth-order valence-electron chi connectivity index (χ4n) is 1.41. The molecule has 3 nitrogen and oxygen atoms in total. The minimum absolute atomic E-state index is 0.0173. The molecule has 0 aliphatic heterocycles. The van der Waals surface area contributed by atoms with Crippen LogP contribution < -0.4 is 5.32 Å². The van der Waals surface area contributed by atoms with E-state index >= 15 is 0 Å². The van der Waals surface area contributed by atoms with E-state index in [1.54, 1.807) is 7.11 Å². The maximum absolute atomic E-state index is 9.24. The molecular weight excluding hydrogens is 258 g/mol. The van der Waals surface area contributed by atoms with Gasteiger partial charge in [0, 0.05) is 28.9 Å². The Balaban J connectivity index is 2.80. The van der Waals surface area contributed by atoms with Crippen molar-refractivity contribution in [2.24, 2.45) is 0 Å². The summed E-state index contributed by atoms with van der Waals surface area (Å²) in [7, 11) is 1.67. The van der Waals surface area contributed by atoms with Gasteiger partial charge in [-0.05, 0) is 19.1 Å². The van der Waals surface area contributed by atoms with Crippen molar-refractivity contribution in [3.63, 3.8) is 0 Å². The number of benzene rings is 1. The predicted molar refractivity (Wildman–Crippen MR) is 65.0 cm³/mol. The maximum Gasteiger partial charge on any atom is 0.0713 e. The zero-order valence-electron chi connectivity index (χ0n) is 8.96. The lowest BCUT2D eigenvalue weighted by molar-refractivity contribution is 0.190. The Labute approximate surface area is 98.6 Å². The first kappa shape index (κ1) is 12.5. The second-order valence-corrected chi connectivity index (χ2v) is 4.28. The van der Waals surface area contributed by atoms with Gasteiger partial charge in [0.15, 0.2) is 0 Å². The second kappa shape index (κ2) is 6.10. The highest BCUT2D eigenvalue weighted by Gasteiger charge is 2.07. The first-order chi connectivity index (χ1) is 7.19. The number of nitrogens with one attached hydrogen (secondary N) is 1. The molecule has 0 fully saturated rings. The molecule has 0 radical (unpaired) electrons. The van der Waals surface area contributed by atoms with E-state index in [0.717, 1.165) is 15.7 Å². The molecule has 2 N–H and O–H groups in total. The van der Waals surface area contributed by atoms with Gasteiger partial charge in [0.1, 0.15) is 0 Å². The summed E-state index contributed by atoms with van der Waals surface area (Å²) in [5, 5.41) is 12.5. The van der Waals surface area contributed by atoms with Crippen LogP contribution in [0.25, 0.3) is 0 Å². The van der Waals surface area contributed by atoms with Gasteiger partial charge in [-0.3, -0.25) is 0 Å². The molecule has 0 amide bonds. The summed E-state index contributed by atoms with van der Waals surface area (Å²) in [4.78, 5) is 0. The first-order valence-electron chi connectivity index (χ1n) is 4.82. The molecule has 0 saturated heterocycles. The molecule has 15 heavy (non-hydrogen) atoms. The molecule has 1 unspecified atom stereocenters. The molecule has 0 spiro atoms. The molecule has 1 rings (SSSR count). The van der Waals surface area contributed by atoms with Crippen LogP contribution in [-0.2, 0) is 11.3 Å². The SMILES string of the molecule is COCC(C)Nc1cccc(Br)c1CO. The van der Waals surface area contributed by atoms with Gasteiger partial charge >= 0.3 is 0 Å². The van der Waals surface area contributed by atoms with Crippen molar-refractivity contribution in [3.8, 4) is 0 Å². The lowest BCUT2D eigenvalue weighted by Gasteiger charge is -2.17. The highest BCUT2D eigenvalue weighted by atomic mass is 79.9. The lowest BCUT2D eigenvalue weighted by Crippen LogP contribution is -2.21. The number of ether oxygens (including phenoxy) is 1. The van der Waals surface area contributed by atoms with Gasteiger partial charge in [0.2, 0.25) is 0 Å². The van der Waals surface area contributed by atoms with Crippen LogP contribution in [0.15, 0.2) is 22.7 Å². The largest absolute Gasteiger partial charge is 0.392 e. The average Bonchev–Trinajstić information content (AvgIpc) is 2.18. The van der Waals surface area contributed by atoms with E-state index < -0.39 is 0 Å². The number of rotatable bonds is 5. The Morgan fingerprint density at radius 3 is 2.87 bits per heavy atom. The van der Waals surface area contributed by atoms with Crippen LogP contribution in [0.5, 0.6) is 0 Å². The Kier molecular flexibility index (Phi) is 5.08. The van der Waals surface area contributed by atoms with Crippen LogP contribution >= 0.6 is 15.9 Å². The smallest absolute Gasteiger partial charge is 0.0713 e. The second-order valence-electron chi connectivity index (χ2n) is 3.42. The molecular formula is C11H16BrNO2. The number of aliphatic hydroxyl groups excluding tert-OH is 1. The number of hydrogen-bond acceptors (Lipinski definition) is 3. The molecule has 0 aromatic heterocycles. The van der Waals surface area contributed by atoms with Crippen LogP contribution in [0.4, 0.5) is 5.69 Å². The van der Waals surface area contributed by atoms with Crippen molar-refractivity contribution >= 4 is 21.6 Å². The van der Waals surface area contributed by atoms with Gasteiger partial charge in [-0.2, -0.15) is 0 Å². The van der Waals surface area contributed by atoms with Crippen molar-refractivity contribution in [2.75, 3.05) is 19.0 Å². The Hall–Kier alpha value is -0.580. The van der Waals surface area contributed by atoms with E-state index in [4.69, 9.17) is 4.74 Å². The normalized spacial score (nSPS) is 12.5. The minimum atomic E-state index is 0.0173. The summed E-state index contributed by atoms with van der Waals surface area (Å²) in [6.07, 6.45) is 0. The predicted octanol–water partition coefficient (Wildman–Crippen LogP) is 2.39. The van der Waals surface area contributed by atoms with E-state index in [1.165, 1.54) is 0 Å². The molecule has 0 bridgehead atoms. The van der Waals surface area contributed by atoms with Gasteiger partial charge in [-0.25, -0.2) is 0 Å². The standard InChI is InChI=1S/C11H16BrNO2/c1-8(7-15-2)13-11-5-3-4-10(12)9(11)6-14/h3-5,8,13-14H,6-7H2,1-2H3. The summed E-state index contributed by atoms with van der Waals surface area (Å²) >= 11 is 3.40.